The SMILES string of the molecule is CCOC(=O)COCCNc1c(Cl)ccc2nsnc12. The molecule has 0 atom stereocenters. The van der Waals surface area contributed by atoms with E-state index in [2.05, 4.69) is 14.1 Å². The minimum atomic E-state index is -0.365. The fourth-order valence-corrected chi connectivity index (χ4v) is 2.36. The number of nitrogens with one attached hydrogen (secondary N) is 1. The lowest BCUT2D eigenvalue weighted by molar-refractivity contribution is -0.148. The maximum Gasteiger partial charge on any atom is 0.332 e. The Balaban J connectivity index is 1.82. The first-order chi connectivity index (χ1) is 9.72. The summed E-state index contributed by atoms with van der Waals surface area (Å²) in [6, 6.07) is 3.59. The van der Waals surface area contributed by atoms with Crippen molar-refractivity contribution in [1.29, 1.82) is 0 Å². The highest BCUT2D eigenvalue weighted by molar-refractivity contribution is 7.00. The van der Waals surface area contributed by atoms with Gasteiger partial charge >= 0.3 is 5.97 Å². The zero-order chi connectivity index (χ0) is 14.4. The minimum Gasteiger partial charge on any atom is -0.464 e. The Hall–Kier alpha value is -1.44. The highest BCUT2D eigenvalue weighted by Crippen LogP contribution is 2.29. The highest BCUT2D eigenvalue weighted by Gasteiger charge is 2.09. The van der Waals surface area contributed by atoms with Crippen molar-refractivity contribution >= 4 is 46.0 Å². The predicted molar refractivity (Wildman–Crippen MR) is 78.4 cm³/mol. The van der Waals surface area contributed by atoms with Crippen LogP contribution in [0.5, 0.6) is 0 Å². The van der Waals surface area contributed by atoms with E-state index in [0.717, 1.165) is 28.4 Å². The number of hydrogen-bond donors (Lipinski definition) is 1. The van der Waals surface area contributed by atoms with E-state index < -0.39 is 0 Å². The second-order valence-electron chi connectivity index (χ2n) is 3.84. The van der Waals surface area contributed by atoms with Gasteiger partial charge < -0.3 is 14.8 Å². The number of carbonyl (C=O) groups excluding carboxylic acids is 1. The predicted octanol–water partition coefficient (Wildman–Crippen LogP) is 2.34. The summed E-state index contributed by atoms with van der Waals surface area (Å²) in [6.45, 7) is 2.93. The third-order valence-corrected chi connectivity index (χ3v) is 3.31. The fraction of sp³-hybridized carbons (Fsp3) is 0.417. The van der Waals surface area contributed by atoms with Crippen molar-refractivity contribution in [3.05, 3.63) is 17.2 Å². The first-order valence-electron chi connectivity index (χ1n) is 6.10. The first kappa shape index (κ1) is 15.0. The average molecular weight is 316 g/mol. The maximum atomic E-state index is 11.1. The Morgan fingerprint density at radius 3 is 3.10 bits per heavy atom. The van der Waals surface area contributed by atoms with Crippen LogP contribution in [0.15, 0.2) is 12.1 Å². The molecule has 0 aliphatic carbocycles. The molecule has 0 saturated carbocycles. The van der Waals surface area contributed by atoms with Gasteiger partial charge in [-0.3, -0.25) is 0 Å². The molecule has 2 rings (SSSR count). The molecule has 20 heavy (non-hydrogen) atoms. The Bertz CT molecular complexity index is 590. The van der Waals surface area contributed by atoms with Crippen LogP contribution < -0.4 is 5.32 Å². The number of benzene rings is 1. The van der Waals surface area contributed by atoms with Crippen molar-refractivity contribution in [2.45, 2.75) is 6.92 Å². The minimum absolute atomic E-state index is 0.0499. The molecular formula is C12H14ClN3O3S. The number of rotatable bonds is 7. The molecule has 0 radical (unpaired) electrons. The second kappa shape index (κ2) is 7.37. The molecule has 1 aromatic carbocycles. The third-order valence-electron chi connectivity index (χ3n) is 2.45. The van der Waals surface area contributed by atoms with E-state index in [4.69, 9.17) is 21.1 Å². The molecule has 1 aromatic heterocycles. The normalized spacial score (nSPS) is 10.7. The molecule has 0 bridgehead atoms. The molecular weight excluding hydrogens is 302 g/mol. The largest absolute Gasteiger partial charge is 0.464 e. The van der Waals surface area contributed by atoms with Crippen LogP contribution in [0.25, 0.3) is 11.0 Å². The number of esters is 1. The number of carbonyl (C=O) groups is 1. The van der Waals surface area contributed by atoms with Crippen molar-refractivity contribution in [1.82, 2.24) is 8.75 Å². The lowest BCUT2D eigenvalue weighted by atomic mass is 10.2. The molecule has 0 amide bonds. The lowest BCUT2D eigenvalue weighted by Gasteiger charge is -2.09. The monoisotopic (exact) mass is 315 g/mol. The lowest BCUT2D eigenvalue weighted by Crippen LogP contribution is -2.16. The van der Waals surface area contributed by atoms with E-state index in [0.29, 0.717) is 24.8 Å². The van der Waals surface area contributed by atoms with Crippen LogP contribution in [0.2, 0.25) is 5.02 Å². The molecule has 0 aliphatic rings. The van der Waals surface area contributed by atoms with E-state index in [1.807, 2.05) is 6.07 Å². The van der Waals surface area contributed by atoms with Crippen LogP contribution in [-0.4, -0.2) is 41.1 Å². The van der Waals surface area contributed by atoms with Crippen LogP contribution in [0.3, 0.4) is 0 Å². The topological polar surface area (TPSA) is 73.3 Å². The molecule has 108 valence electrons. The van der Waals surface area contributed by atoms with Gasteiger partial charge in [0, 0.05) is 6.54 Å². The third kappa shape index (κ3) is 3.78. The van der Waals surface area contributed by atoms with Crippen molar-refractivity contribution in [2.24, 2.45) is 0 Å². The number of aromatic nitrogens is 2. The van der Waals surface area contributed by atoms with Gasteiger partial charge in [0.1, 0.15) is 17.6 Å². The second-order valence-corrected chi connectivity index (χ2v) is 4.77. The number of halogens is 1. The zero-order valence-corrected chi connectivity index (χ0v) is 12.5. The summed E-state index contributed by atoms with van der Waals surface area (Å²) in [6.07, 6.45) is 0. The van der Waals surface area contributed by atoms with Gasteiger partial charge in [-0.15, -0.1) is 0 Å². The van der Waals surface area contributed by atoms with E-state index in [-0.39, 0.29) is 12.6 Å². The van der Waals surface area contributed by atoms with Gasteiger partial charge in [0.15, 0.2) is 0 Å². The van der Waals surface area contributed by atoms with Crippen molar-refractivity contribution in [3.8, 4) is 0 Å². The molecule has 0 unspecified atom stereocenters. The van der Waals surface area contributed by atoms with Gasteiger partial charge in [0.2, 0.25) is 0 Å². The Morgan fingerprint density at radius 2 is 2.30 bits per heavy atom. The molecule has 0 spiro atoms. The van der Waals surface area contributed by atoms with Crippen LogP contribution in [0.1, 0.15) is 6.92 Å². The summed E-state index contributed by atoms with van der Waals surface area (Å²) in [4.78, 5) is 11.1. The first-order valence-corrected chi connectivity index (χ1v) is 7.21. The van der Waals surface area contributed by atoms with E-state index in [1.54, 1.807) is 13.0 Å². The number of fused-ring (bicyclic) bond motifs is 1. The number of nitrogens with zero attached hydrogens (tertiary/aromatic N) is 2. The van der Waals surface area contributed by atoms with Crippen LogP contribution in [-0.2, 0) is 14.3 Å². The summed E-state index contributed by atoms with van der Waals surface area (Å²) < 4.78 is 18.3. The van der Waals surface area contributed by atoms with Crippen LogP contribution in [0.4, 0.5) is 5.69 Å². The molecule has 0 saturated heterocycles. The maximum absolute atomic E-state index is 11.1. The van der Waals surface area contributed by atoms with Gasteiger partial charge in [0.05, 0.1) is 35.7 Å². The van der Waals surface area contributed by atoms with Crippen LogP contribution >= 0.6 is 23.3 Å². The van der Waals surface area contributed by atoms with Gasteiger partial charge in [-0.1, -0.05) is 11.6 Å². The van der Waals surface area contributed by atoms with Crippen molar-refractivity contribution < 1.29 is 14.3 Å². The number of hydrogen-bond acceptors (Lipinski definition) is 7. The smallest absolute Gasteiger partial charge is 0.332 e. The zero-order valence-electron chi connectivity index (χ0n) is 10.9. The molecule has 0 fully saturated rings. The van der Waals surface area contributed by atoms with Gasteiger partial charge in [-0.05, 0) is 19.1 Å². The summed E-state index contributed by atoms with van der Waals surface area (Å²) in [7, 11) is 0. The quantitative estimate of drug-likeness (QED) is 0.624. The Kier molecular flexibility index (Phi) is 5.51. The van der Waals surface area contributed by atoms with E-state index in [1.165, 1.54) is 0 Å². The van der Waals surface area contributed by atoms with E-state index >= 15 is 0 Å². The molecule has 8 heteroatoms. The van der Waals surface area contributed by atoms with Crippen LogP contribution in [0, 0.1) is 0 Å². The Labute approximate surface area is 125 Å². The fourth-order valence-electron chi connectivity index (χ4n) is 1.60. The summed E-state index contributed by atoms with van der Waals surface area (Å²) >= 11 is 7.26. The molecule has 0 aliphatic heterocycles. The van der Waals surface area contributed by atoms with Crippen molar-refractivity contribution in [2.75, 3.05) is 31.7 Å². The van der Waals surface area contributed by atoms with Crippen molar-refractivity contribution in [3.63, 3.8) is 0 Å². The molecule has 2 aromatic rings. The standard InChI is InChI=1S/C12H14ClN3O3S/c1-2-19-10(17)7-18-6-5-14-11-8(13)3-4-9-12(11)16-20-15-9/h3-4,14H,2,5-7H2,1H3. The van der Waals surface area contributed by atoms with Gasteiger partial charge in [0.25, 0.3) is 0 Å². The molecule has 1 N–H and O–H groups in total. The average Bonchev–Trinajstić information content (AvgIpc) is 2.89. The number of anilines is 1. The highest BCUT2D eigenvalue weighted by atomic mass is 35.5. The van der Waals surface area contributed by atoms with Gasteiger partial charge in [-0.2, -0.15) is 8.75 Å². The molecule has 1 heterocycles. The molecule has 6 nitrogen and oxygen atoms in total. The Morgan fingerprint density at radius 1 is 1.45 bits per heavy atom. The summed E-state index contributed by atoms with van der Waals surface area (Å²) in [5.74, 6) is -0.365. The summed E-state index contributed by atoms with van der Waals surface area (Å²) in [5.41, 5.74) is 2.28. The van der Waals surface area contributed by atoms with Gasteiger partial charge in [-0.25, -0.2) is 4.79 Å². The van der Waals surface area contributed by atoms with E-state index in [9.17, 15) is 4.79 Å². The number of ether oxygens (including phenoxy) is 2. The summed E-state index contributed by atoms with van der Waals surface area (Å²) in [5, 5.41) is 3.72.